The van der Waals surface area contributed by atoms with Crippen molar-refractivity contribution in [3.63, 3.8) is 0 Å². The summed E-state index contributed by atoms with van der Waals surface area (Å²) in [5, 5.41) is 8.58. The Morgan fingerprint density at radius 3 is 2.16 bits per heavy atom. The molecule has 3 aromatic carbocycles. The van der Waals surface area contributed by atoms with Crippen LogP contribution in [0.5, 0.6) is 0 Å². The first-order chi connectivity index (χ1) is 24.4. The van der Waals surface area contributed by atoms with Gasteiger partial charge >= 0.3 is 5.69 Å². The van der Waals surface area contributed by atoms with Gasteiger partial charge in [0.1, 0.15) is 41.7 Å². The van der Waals surface area contributed by atoms with E-state index in [2.05, 4.69) is 75.2 Å². The maximum Gasteiger partial charge on any atom is 0.350 e. The predicted molar refractivity (Wildman–Crippen MR) is 192 cm³/mol. The fraction of sp³-hybridized carbons (Fsp3) is 0.405. The van der Waals surface area contributed by atoms with Crippen molar-refractivity contribution in [3.05, 3.63) is 119 Å². The van der Waals surface area contributed by atoms with Crippen LogP contribution in [0.4, 0.5) is 20.2 Å². The van der Waals surface area contributed by atoms with E-state index in [-0.39, 0.29) is 17.2 Å². The Morgan fingerprint density at radius 1 is 0.880 bits per heavy atom. The fourth-order valence-electron chi connectivity index (χ4n) is 7.09. The molecule has 2 fully saturated rings. The van der Waals surface area contributed by atoms with Crippen LogP contribution in [0.1, 0.15) is 56.7 Å². The van der Waals surface area contributed by atoms with Gasteiger partial charge in [0.2, 0.25) is 0 Å². The lowest BCUT2D eigenvalue weighted by molar-refractivity contribution is -0.0317. The Bertz CT molecular complexity index is 1920. The molecule has 0 amide bonds. The smallest absolute Gasteiger partial charge is 0.350 e. The summed E-state index contributed by atoms with van der Waals surface area (Å²) in [5.41, 5.74) is 3.49. The molecular formula is C37H42F2N8O2S. The summed E-state index contributed by atoms with van der Waals surface area (Å²) in [6.07, 6.45) is 7.71. The molecule has 0 aliphatic carbocycles. The molecule has 2 aliphatic heterocycles. The highest BCUT2D eigenvalue weighted by molar-refractivity contribution is 7.99. The van der Waals surface area contributed by atoms with Gasteiger partial charge < -0.3 is 14.5 Å². The Labute approximate surface area is 294 Å². The Hall–Kier alpha value is -4.49. The van der Waals surface area contributed by atoms with Crippen LogP contribution in [-0.2, 0) is 22.6 Å². The first-order valence-electron chi connectivity index (χ1n) is 17.3. The molecule has 0 saturated carbocycles. The summed E-state index contributed by atoms with van der Waals surface area (Å²) in [6, 6.07) is 20.6. The molecule has 0 N–H and O–H groups in total. The van der Waals surface area contributed by atoms with Gasteiger partial charge in [-0.3, -0.25) is 0 Å². The average molecular weight is 701 g/mol. The van der Waals surface area contributed by atoms with Gasteiger partial charge in [0.05, 0.1) is 18.3 Å². The van der Waals surface area contributed by atoms with Crippen molar-refractivity contribution in [2.24, 2.45) is 0 Å². The molecule has 5 aromatic rings. The van der Waals surface area contributed by atoms with E-state index in [0.29, 0.717) is 18.5 Å². The highest BCUT2D eigenvalue weighted by Crippen LogP contribution is 2.45. The van der Waals surface area contributed by atoms with Crippen LogP contribution in [0.2, 0.25) is 0 Å². The average Bonchev–Trinajstić information content (AvgIpc) is 3.90. The van der Waals surface area contributed by atoms with Crippen LogP contribution in [0.15, 0.2) is 90.5 Å². The minimum Gasteiger partial charge on any atom is -0.368 e. The molecule has 4 heterocycles. The van der Waals surface area contributed by atoms with Gasteiger partial charge in [0, 0.05) is 54.9 Å². The highest BCUT2D eigenvalue weighted by atomic mass is 32.2. The standard InChI is InChI=1S/C37H42F2N8O2S/c1-3-29(4-2)47-36(48)46(26-42-47)32-12-10-31(11-13-32)44-19-17-43(18-20-44)30-8-5-27(6-9-30)22-50-35-15-16-37(49-35,23-45-25-40-24-41-45)33-14-7-28(38)21-34(33)39/h5-14,21,24-26,29,35H,3-4,15-20,22-23H2,1-2H3. The van der Waals surface area contributed by atoms with Crippen LogP contribution in [-0.4, -0.2) is 60.7 Å². The molecule has 0 spiro atoms. The number of thioether (sulfide) groups is 1. The summed E-state index contributed by atoms with van der Waals surface area (Å²) in [7, 11) is 0. The van der Waals surface area contributed by atoms with Crippen molar-refractivity contribution in [2.75, 3.05) is 36.0 Å². The number of hydrogen-bond acceptors (Lipinski definition) is 8. The first-order valence-corrected chi connectivity index (χ1v) is 18.3. The molecule has 2 aromatic heterocycles. The SMILES string of the molecule is CCC(CC)n1ncn(-c2ccc(N3CCN(c4ccc(CSC5CCC(Cn6cncn6)(c6ccc(F)cc6F)O5)cc4)CC3)cc2)c1=O. The number of hydrogen-bond donors (Lipinski definition) is 0. The third kappa shape index (κ3) is 7.06. The third-order valence-corrected chi connectivity index (χ3v) is 11.1. The number of benzene rings is 3. The van der Waals surface area contributed by atoms with Crippen molar-refractivity contribution in [2.45, 2.75) is 68.9 Å². The van der Waals surface area contributed by atoms with Crippen molar-refractivity contribution in [1.82, 2.24) is 29.1 Å². The maximum atomic E-state index is 15.0. The predicted octanol–water partition coefficient (Wildman–Crippen LogP) is 6.56. The zero-order valence-electron chi connectivity index (χ0n) is 28.4. The lowest BCUT2D eigenvalue weighted by Crippen LogP contribution is -2.46. The molecule has 2 unspecified atom stereocenters. The lowest BCUT2D eigenvalue weighted by Gasteiger charge is -2.37. The van der Waals surface area contributed by atoms with E-state index in [1.54, 1.807) is 38.3 Å². The number of anilines is 2. The molecular weight excluding hydrogens is 659 g/mol. The first kappa shape index (κ1) is 34.0. The second kappa shape index (κ2) is 14.8. The van der Waals surface area contributed by atoms with Gasteiger partial charge in [-0.15, -0.1) is 11.8 Å². The molecule has 13 heteroatoms. The molecule has 2 saturated heterocycles. The number of piperazine rings is 1. The Balaban J connectivity index is 0.924. The van der Waals surface area contributed by atoms with Gasteiger partial charge in [-0.1, -0.05) is 32.0 Å². The number of nitrogens with zero attached hydrogens (tertiary/aromatic N) is 8. The van der Waals surface area contributed by atoms with Crippen molar-refractivity contribution in [3.8, 4) is 5.69 Å². The quantitative estimate of drug-likeness (QED) is 0.145. The lowest BCUT2D eigenvalue weighted by atomic mass is 9.90. The second-order valence-corrected chi connectivity index (χ2v) is 14.1. The number of rotatable bonds is 12. The van der Waals surface area contributed by atoms with Crippen molar-refractivity contribution < 1.29 is 13.5 Å². The third-order valence-electron chi connectivity index (χ3n) is 9.94. The summed E-state index contributed by atoms with van der Waals surface area (Å²) >= 11 is 1.69. The van der Waals surface area contributed by atoms with Crippen LogP contribution in [0.25, 0.3) is 5.69 Å². The molecule has 2 aliphatic rings. The summed E-state index contributed by atoms with van der Waals surface area (Å²) in [5.74, 6) is -0.469. The van der Waals surface area contributed by atoms with E-state index < -0.39 is 17.2 Å². The van der Waals surface area contributed by atoms with Crippen LogP contribution in [0.3, 0.4) is 0 Å². The number of ether oxygens (including phenoxy) is 1. The van der Waals surface area contributed by atoms with E-state index >= 15 is 0 Å². The molecule has 7 rings (SSSR count). The highest BCUT2D eigenvalue weighted by Gasteiger charge is 2.44. The van der Waals surface area contributed by atoms with E-state index in [9.17, 15) is 13.6 Å². The van der Waals surface area contributed by atoms with Crippen molar-refractivity contribution in [1.29, 1.82) is 0 Å². The number of aromatic nitrogens is 6. The minimum absolute atomic E-state index is 0.100. The summed E-state index contributed by atoms with van der Waals surface area (Å²) < 4.78 is 40.1. The topological polar surface area (TPSA) is 86.2 Å². The Morgan fingerprint density at radius 2 is 1.54 bits per heavy atom. The van der Waals surface area contributed by atoms with Crippen LogP contribution in [0, 0.1) is 11.6 Å². The molecule has 2 atom stereocenters. The van der Waals surface area contributed by atoms with E-state index in [0.717, 1.165) is 68.6 Å². The molecule has 50 heavy (non-hydrogen) atoms. The molecule has 0 bridgehead atoms. The normalized spacial score (nSPS) is 19.5. The van der Waals surface area contributed by atoms with Gasteiger partial charge in [-0.05, 0) is 73.7 Å². The van der Waals surface area contributed by atoms with E-state index in [1.165, 1.54) is 29.7 Å². The molecule has 262 valence electrons. The summed E-state index contributed by atoms with van der Waals surface area (Å²) in [4.78, 5) is 21.8. The molecule has 10 nitrogen and oxygen atoms in total. The Kier molecular flexibility index (Phi) is 10.0. The monoisotopic (exact) mass is 700 g/mol. The van der Waals surface area contributed by atoms with E-state index in [1.807, 2.05) is 12.1 Å². The molecule has 0 radical (unpaired) electrons. The van der Waals surface area contributed by atoms with Gasteiger partial charge in [-0.2, -0.15) is 10.2 Å². The summed E-state index contributed by atoms with van der Waals surface area (Å²) in [6.45, 7) is 8.05. The largest absolute Gasteiger partial charge is 0.368 e. The zero-order chi connectivity index (χ0) is 34.7. The van der Waals surface area contributed by atoms with Crippen LogP contribution >= 0.6 is 11.8 Å². The maximum absolute atomic E-state index is 15.0. The minimum atomic E-state index is -0.951. The second-order valence-electron chi connectivity index (χ2n) is 13.0. The van der Waals surface area contributed by atoms with E-state index in [4.69, 9.17) is 4.74 Å². The van der Waals surface area contributed by atoms with Crippen LogP contribution < -0.4 is 15.5 Å². The zero-order valence-corrected chi connectivity index (χ0v) is 29.2. The fourth-order valence-corrected chi connectivity index (χ4v) is 8.20. The van der Waals surface area contributed by atoms with Gasteiger partial charge in [0.15, 0.2) is 0 Å². The number of halogens is 2. The van der Waals surface area contributed by atoms with Gasteiger partial charge in [-0.25, -0.2) is 32.5 Å². The van der Waals surface area contributed by atoms with Gasteiger partial charge in [0.25, 0.3) is 0 Å². The van der Waals surface area contributed by atoms with Crippen molar-refractivity contribution >= 4 is 23.1 Å².